The molecule has 8 nitrogen and oxygen atoms in total. The summed E-state index contributed by atoms with van der Waals surface area (Å²) in [6.07, 6.45) is 7.98. The molecule has 9 heteroatoms. The summed E-state index contributed by atoms with van der Waals surface area (Å²) in [6.45, 7) is 7.20. The minimum Gasteiger partial charge on any atom is -0.381 e. The van der Waals surface area contributed by atoms with Crippen molar-refractivity contribution in [1.29, 1.82) is 0 Å². The first kappa shape index (κ1) is 22.1. The Morgan fingerprint density at radius 1 is 1.03 bits per heavy atom. The van der Waals surface area contributed by atoms with Gasteiger partial charge in [-0.05, 0) is 64.0 Å². The zero-order chi connectivity index (χ0) is 23.0. The van der Waals surface area contributed by atoms with Gasteiger partial charge >= 0.3 is 0 Å². The van der Waals surface area contributed by atoms with Crippen LogP contribution in [0.1, 0.15) is 48.9 Å². The van der Waals surface area contributed by atoms with Crippen molar-refractivity contribution in [1.82, 2.24) is 19.7 Å². The highest BCUT2D eigenvalue weighted by Crippen LogP contribution is 2.44. The van der Waals surface area contributed by atoms with Gasteiger partial charge in [0.1, 0.15) is 13.0 Å². The summed E-state index contributed by atoms with van der Waals surface area (Å²) >= 11 is 0. The van der Waals surface area contributed by atoms with Crippen molar-refractivity contribution < 1.29 is 9.30 Å². The molecule has 0 amide bonds. The highest BCUT2D eigenvalue weighted by Gasteiger charge is 2.28. The van der Waals surface area contributed by atoms with E-state index in [1.807, 2.05) is 36.7 Å². The second-order valence-corrected chi connectivity index (χ2v) is 12.5. The lowest BCUT2D eigenvalue weighted by Crippen LogP contribution is -2.21. The second kappa shape index (κ2) is 8.92. The Hall–Kier alpha value is -2.70. The predicted octanol–water partition coefficient (Wildman–Crippen LogP) is 4.95. The Kier molecular flexibility index (Phi) is 5.97. The molecule has 1 saturated carbocycles. The molecule has 0 bridgehead atoms. The molecule has 1 aromatic carbocycles. The third kappa shape index (κ3) is 4.82. The standard InChI is InChI=1S/C24H31N6O2P/c1-16-21(15-26-30(16)18-10-12-32-13-11-18)28-24-25-14-19(17-8-9-17)23(29-24)27-20-6-4-5-7-22(20)33(2,3)31/h4-7,14-15,17-18H,8-13H2,1-3H3,(H2,25,27,28,29). The molecule has 1 aliphatic heterocycles. The number of nitrogens with zero attached hydrogens (tertiary/aromatic N) is 4. The van der Waals surface area contributed by atoms with Crippen LogP contribution in [0.3, 0.4) is 0 Å². The quantitative estimate of drug-likeness (QED) is 0.476. The molecule has 0 radical (unpaired) electrons. The van der Waals surface area contributed by atoms with Crippen LogP contribution in [-0.2, 0) is 9.30 Å². The fourth-order valence-electron chi connectivity index (χ4n) is 4.39. The third-order valence-electron chi connectivity index (χ3n) is 6.40. The number of aromatic nitrogens is 4. The Morgan fingerprint density at radius 2 is 1.79 bits per heavy atom. The smallest absolute Gasteiger partial charge is 0.229 e. The SMILES string of the molecule is Cc1c(Nc2ncc(C3CC3)c(Nc3ccccc3P(C)(C)=O)n2)cnn1C1CCOCC1. The number of benzene rings is 1. The molecule has 0 atom stereocenters. The maximum absolute atomic E-state index is 12.8. The average molecular weight is 467 g/mol. The molecule has 2 aliphatic rings. The first-order chi connectivity index (χ1) is 15.9. The topological polar surface area (TPSA) is 94.0 Å². The van der Waals surface area contributed by atoms with Gasteiger partial charge < -0.3 is 19.9 Å². The predicted molar refractivity (Wildman–Crippen MR) is 132 cm³/mol. The Bertz CT molecular complexity index is 1190. The van der Waals surface area contributed by atoms with Crippen LogP contribution in [-0.4, -0.2) is 46.3 Å². The lowest BCUT2D eigenvalue weighted by atomic mass is 10.1. The minimum atomic E-state index is -2.44. The Labute approximate surface area is 194 Å². The van der Waals surface area contributed by atoms with E-state index >= 15 is 0 Å². The van der Waals surface area contributed by atoms with Gasteiger partial charge in [0.25, 0.3) is 0 Å². The fourth-order valence-corrected chi connectivity index (χ4v) is 5.54. The van der Waals surface area contributed by atoms with E-state index in [4.69, 9.17) is 9.72 Å². The Morgan fingerprint density at radius 3 is 2.52 bits per heavy atom. The van der Waals surface area contributed by atoms with Crippen LogP contribution in [0.5, 0.6) is 0 Å². The van der Waals surface area contributed by atoms with Gasteiger partial charge in [0.2, 0.25) is 5.95 Å². The summed E-state index contributed by atoms with van der Waals surface area (Å²) in [5.74, 6) is 1.76. The van der Waals surface area contributed by atoms with E-state index in [9.17, 15) is 4.57 Å². The second-order valence-electron chi connectivity index (χ2n) is 9.32. The molecule has 33 heavy (non-hydrogen) atoms. The molecule has 2 fully saturated rings. The van der Waals surface area contributed by atoms with Gasteiger partial charge in [-0.15, -0.1) is 0 Å². The monoisotopic (exact) mass is 466 g/mol. The van der Waals surface area contributed by atoms with Gasteiger partial charge in [-0.25, -0.2) is 4.98 Å². The number of rotatable bonds is 7. The zero-order valence-electron chi connectivity index (χ0n) is 19.4. The van der Waals surface area contributed by atoms with Gasteiger partial charge in [0.05, 0.1) is 29.3 Å². The van der Waals surface area contributed by atoms with Crippen LogP contribution < -0.4 is 15.9 Å². The molecule has 3 aromatic rings. The number of hydrogen-bond acceptors (Lipinski definition) is 7. The molecule has 5 rings (SSSR count). The van der Waals surface area contributed by atoms with Crippen molar-refractivity contribution in [2.24, 2.45) is 0 Å². The number of ether oxygens (including phenoxy) is 1. The lowest BCUT2D eigenvalue weighted by molar-refractivity contribution is 0.0657. The number of anilines is 4. The molecule has 2 aromatic heterocycles. The first-order valence-electron chi connectivity index (χ1n) is 11.6. The van der Waals surface area contributed by atoms with Gasteiger partial charge in [-0.1, -0.05) is 12.1 Å². The highest BCUT2D eigenvalue weighted by atomic mass is 31.2. The minimum absolute atomic E-state index is 0.361. The van der Waals surface area contributed by atoms with Gasteiger partial charge in [0, 0.05) is 30.3 Å². The molecule has 0 unspecified atom stereocenters. The van der Waals surface area contributed by atoms with E-state index in [1.165, 1.54) is 0 Å². The summed E-state index contributed by atoms with van der Waals surface area (Å²) in [7, 11) is -2.44. The van der Waals surface area contributed by atoms with Crippen molar-refractivity contribution in [3.8, 4) is 0 Å². The maximum atomic E-state index is 12.8. The largest absolute Gasteiger partial charge is 0.381 e. The van der Waals surface area contributed by atoms with Crippen LogP contribution in [0.4, 0.5) is 23.1 Å². The number of nitrogens with one attached hydrogen (secondary N) is 2. The molecule has 0 spiro atoms. The van der Waals surface area contributed by atoms with Gasteiger partial charge in [-0.2, -0.15) is 10.1 Å². The molecular formula is C24H31N6O2P. The van der Waals surface area contributed by atoms with Crippen molar-refractivity contribution in [2.45, 2.75) is 44.6 Å². The van der Waals surface area contributed by atoms with Crippen molar-refractivity contribution in [3.63, 3.8) is 0 Å². The van der Waals surface area contributed by atoms with Crippen molar-refractivity contribution in [3.05, 3.63) is 47.9 Å². The summed E-state index contributed by atoms with van der Waals surface area (Å²) in [5, 5.41) is 12.3. The highest BCUT2D eigenvalue weighted by molar-refractivity contribution is 7.70. The van der Waals surface area contributed by atoms with Crippen molar-refractivity contribution in [2.75, 3.05) is 37.2 Å². The van der Waals surface area contributed by atoms with E-state index in [0.29, 0.717) is 17.9 Å². The molecule has 174 valence electrons. The molecule has 1 aliphatic carbocycles. The number of para-hydroxylation sites is 1. The lowest BCUT2D eigenvalue weighted by Gasteiger charge is -2.23. The van der Waals surface area contributed by atoms with Crippen LogP contribution in [0, 0.1) is 6.92 Å². The van der Waals surface area contributed by atoms with E-state index < -0.39 is 7.14 Å². The van der Waals surface area contributed by atoms with Crippen LogP contribution in [0.25, 0.3) is 0 Å². The van der Waals surface area contributed by atoms with Gasteiger partial charge in [0.15, 0.2) is 0 Å². The molecular weight excluding hydrogens is 435 g/mol. The normalized spacial score (nSPS) is 17.2. The van der Waals surface area contributed by atoms with E-state index in [-0.39, 0.29) is 0 Å². The van der Waals surface area contributed by atoms with Crippen molar-refractivity contribution >= 4 is 35.6 Å². The summed E-state index contributed by atoms with van der Waals surface area (Å²) in [6, 6.07) is 8.12. The average Bonchev–Trinajstić information content (AvgIpc) is 3.58. The fraction of sp³-hybridized carbons (Fsp3) is 0.458. The Balaban J connectivity index is 1.43. The van der Waals surface area contributed by atoms with E-state index in [1.54, 1.807) is 13.3 Å². The van der Waals surface area contributed by atoms with Crippen LogP contribution in [0.2, 0.25) is 0 Å². The molecule has 2 N–H and O–H groups in total. The third-order valence-corrected chi connectivity index (χ3v) is 7.95. The zero-order valence-corrected chi connectivity index (χ0v) is 20.3. The number of hydrogen-bond donors (Lipinski definition) is 2. The molecule has 3 heterocycles. The van der Waals surface area contributed by atoms with Crippen LogP contribution >= 0.6 is 7.14 Å². The van der Waals surface area contributed by atoms with E-state index in [2.05, 4.69) is 32.3 Å². The van der Waals surface area contributed by atoms with Crippen LogP contribution in [0.15, 0.2) is 36.7 Å². The van der Waals surface area contributed by atoms with Gasteiger partial charge in [-0.3, -0.25) is 4.68 Å². The van der Waals surface area contributed by atoms with E-state index in [0.717, 1.165) is 72.7 Å². The maximum Gasteiger partial charge on any atom is 0.229 e. The summed E-state index contributed by atoms with van der Waals surface area (Å²) in [5.41, 5.74) is 3.90. The summed E-state index contributed by atoms with van der Waals surface area (Å²) < 4.78 is 20.4. The summed E-state index contributed by atoms with van der Waals surface area (Å²) in [4.78, 5) is 9.43. The molecule has 1 saturated heterocycles. The first-order valence-corrected chi connectivity index (χ1v) is 14.2.